The number of ether oxygens (including phenoxy) is 1. The van der Waals surface area contributed by atoms with Crippen molar-refractivity contribution in [3.8, 4) is 0 Å². The minimum Gasteiger partial charge on any atom is -0.472 e. The molecule has 0 aliphatic heterocycles. The van der Waals surface area contributed by atoms with Crippen molar-refractivity contribution in [3.05, 3.63) is 24.2 Å². The van der Waals surface area contributed by atoms with Crippen LogP contribution in [-0.2, 0) is 16.0 Å². The molecule has 2 aliphatic rings. The summed E-state index contributed by atoms with van der Waals surface area (Å²) in [6.07, 6.45) is 7.57. The zero-order valence-electron chi connectivity index (χ0n) is 17.0. The molecule has 0 radical (unpaired) electrons. The first-order valence-corrected chi connectivity index (χ1v) is 10.2. The van der Waals surface area contributed by atoms with Crippen molar-refractivity contribution in [2.45, 2.75) is 77.9 Å². The van der Waals surface area contributed by atoms with Crippen LogP contribution in [0.1, 0.15) is 65.4 Å². The van der Waals surface area contributed by atoms with Gasteiger partial charge in [-0.3, -0.25) is 4.79 Å². The number of rotatable bonds is 5. The molecule has 2 N–H and O–H groups in total. The molecule has 0 spiro atoms. The summed E-state index contributed by atoms with van der Waals surface area (Å²) in [4.78, 5) is 11.4. The van der Waals surface area contributed by atoms with Gasteiger partial charge in [0.25, 0.3) is 0 Å². The van der Waals surface area contributed by atoms with Gasteiger partial charge in [0.15, 0.2) is 0 Å². The van der Waals surface area contributed by atoms with Gasteiger partial charge in [-0.05, 0) is 49.7 Å². The van der Waals surface area contributed by atoms with Crippen molar-refractivity contribution < 1.29 is 24.2 Å². The Kier molecular flexibility index (Phi) is 5.48. The molecule has 0 saturated heterocycles. The normalized spacial score (nSPS) is 41.8. The predicted octanol–water partition coefficient (Wildman–Crippen LogP) is 3.72. The fourth-order valence-corrected chi connectivity index (χ4v) is 6.30. The molecule has 2 fully saturated rings. The number of aliphatic hydroxyl groups is 2. The summed E-state index contributed by atoms with van der Waals surface area (Å²) in [5.74, 6) is -0.405. The highest BCUT2D eigenvalue weighted by molar-refractivity contribution is 5.65. The van der Waals surface area contributed by atoms with Crippen LogP contribution in [0, 0.1) is 22.7 Å². The van der Waals surface area contributed by atoms with E-state index in [4.69, 9.17) is 9.15 Å². The van der Waals surface area contributed by atoms with Crippen LogP contribution in [0.5, 0.6) is 0 Å². The second-order valence-corrected chi connectivity index (χ2v) is 9.44. The van der Waals surface area contributed by atoms with Crippen molar-refractivity contribution in [2.24, 2.45) is 22.7 Å². The third-order valence-electron chi connectivity index (χ3n) is 7.65. The van der Waals surface area contributed by atoms with Gasteiger partial charge >= 0.3 is 5.97 Å². The molecular formula is C22H34O5. The average Bonchev–Trinajstić information content (AvgIpc) is 3.10. The minimum atomic E-state index is -0.883. The van der Waals surface area contributed by atoms with E-state index in [2.05, 4.69) is 20.8 Å². The third-order valence-corrected chi connectivity index (χ3v) is 7.65. The van der Waals surface area contributed by atoms with E-state index in [1.165, 1.54) is 6.92 Å². The van der Waals surface area contributed by atoms with Gasteiger partial charge in [-0.1, -0.05) is 27.2 Å². The molecule has 27 heavy (non-hydrogen) atoms. The minimum absolute atomic E-state index is 0.00303. The van der Waals surface area contributed by atoms with E-state index in [1.54, 1.807) is 12.5 Å². The fraction of sp³-hybridized carbons (Fsp3) is 0.773. The summed E-state index contributed by atoms with van der Waals surface area (Å²) in [5, 5.41) is 23.0. The smallest absolute Gasteiger partial charge is 0.302 e. The second kappa shape index (κ2) is 7.25. The number of fused-ring (bicyclic) bond motifs is 1. The molecule has 152 valence electrons. The van der Waals surface area contributed by atoms with Gasteiger partial charge in [-0.25, -0.2) is 0 Å². The molecule has 5 heteroatoms. The van der Waals surface area contributed by atoms with Crippen LogP contribution >= 0.6 is 0 Å². The van der Waals surface area contributed by atoms with Crippen LogP contribution in [-0.4, -0.2) is 34.5 Å². The van der Waals surface area contributed by atoms with Crippen LogP contribution in [0.25, 0.3) is 0 Å². The zero-order chi connectivity index (χ0) is 19.9. The Morgan fingerprint density at radius 3 is 2.74 bits per heavy atom. The van der Waals surface area contributed by atoms with Crippen molar-refractivity contribution in [3.63, 3.8) is 0 Å². The molecule has 2 aliphatic carbocycles. The number of esters is 1. The molecule has 2 saturated carbocycles. The number of hydrogen-bond acceptors (Lipinski definition) is 5. The third kappa shape index (κ3) is 3.44. The maximum absolute atomic E-state index is 12.0. The first-order valence-electron chi connectivity index (χ1n) is 10.2. The molecule has 1 aromatic heterocycles. The van der Waals surface area contributed by atoms with Gasteiger partial charge in [-0.2, -0.15) is 0 Å². The van der Waals surface area contributed by atoms with Crippen molar-refractivity contribution in [1.82, 2.24) is 0 Å². The van der Waals surface area contributed by atoms with Crippen molar-refractivity contribution in [1.29, 1.82) is 0 Å². The summed E-state index contributed by atoms with van der Waals surface area (Å²) in [5.41, 5.74) is -0.560. The number of carbonyl (C=O) groups is 1. The highest BCUT2D eigenvalue weighted by atomic mass is 16.5. The lowest BCUT2D eigenvalue weighted by molar-refractivity contribution is -0.252. The average molecular weight is 379 g/mol. The van der Waals surface area contributed by atoms with E-state index in [9.17, 15) is 15.0 Å². The van der Waals surface area contributed by atoms with E-state index >= 15 is 0 Å². The summed E-state index contributed by atoms with van der Waals surface area (Å²) in [6, 6.07) is 1.94. The first-order chi connectivity index (χ1) is 12.6. The van der Waals surface area contributed by atoms with Crippen LogP contribution in [0.3, 0.4) is 0 Å². The first kappa shape index (κ1) is 20.4. The number of hydrogen-bond donors (Lipinski definition) is 2. The largest absolute Gasteiger partial charge is 0.472 e. The zero-order valence-corrected chi connectivity index (χ0v) is 17.0. The molecule has 0 amide bonds. The summed E-state index contributed by atoms with van der Waals surface area (Å²) in [7, 11) is 0. The van der Waals surface area contributed by atoms with Gasteiger partial charge in [0.05, 0.1) is 30.8 Å². The molecule has 1 heterocycles. The summed E-state index contributed by atoms with van der Waals surface area (Å²) in [6.45, 7) is 8.01. The Morgan fingerprint density at radius 2 is 2.11 bits per heavy atom. The molecule has 1 aromatic rings. The lowest BCUT2D eigenvalue weighted by atomic mass is 9.43. The Labute approximate surface area is 162 Å². The van der Waals surface area contributed by atoms with E-state index in [-0.39, 0.29) is 23.2 Å². The van der Waals surface area contributed by atoms with Crippen LogP contribution < -0.4 is 0 Å². The lowest BCUT2D eigenvalue weighted by Gasteiger charge is -2.64. The number of carbonyl (C=O) groups excluding carboxylic acids is 1. The topological polar surface area (TPSA) is 79.9 Å². The van der Waals surface area contributed by atoms with E-state index in [1.807, 2.05) is 6.07 Å². The fourth-order valence-electron chi connectivity index (χ4n) is 6.30. The van der Waals surface area contributed by atoms with Gasteiger partial charge < -0.3 is 19.4 Å². The maximum Gasteiger partial charge on any atom is 0.302 e. The Hall–Kier alpha value is -1.33. The number of aliphatic hydroxyl groups excluding tert-OH is 1. The van der Waals surface area contributed by atoms with Crippen molar-refractivity contribution >= 4 is 5.97 Å². The van der Waals surface area contributed by atoms with Gasteiger partial charge in [0.1, 0.15) is 0 Å². The maximum atomic E-state index is 12.0. The molecule has 3 rings (SSSR count). The molecule has 0 aromatic carbocycles. The highest BCUT2D eigenvalue weighted by Gasteiger charge is 2.65. The van der Waals surface area contributed by atoms with Crippen LogP contribution in [0.2, 0.25) is 0 Å². The lowest BCUT2D eigenvalue weighted by Crippen LogP contribution is -2.67. The standard InChI is InChI=1S/C22H34O5/c1-15-12-18(24)19-20(3,14-27-16(2)23)8-5-9-21(19,4)22(15,25)10-6-17-7-11-26-13-17/h7,11,13,15,18-19,24-25H,5-6,8-10,12,14H2,1-4H3/t15-,18-,19+,20-,21+,22-/m1/s1. The molecule has 0 bridgehead atoms. The Balaban J connectivity index is 1.92. The van der Waals surface area contributed by atoms with Crippen LogP contribution in [0.4, 0.5) is 0 Å². The molecule has 5 nitrogen and oxygen atoms in total. The quantitative estimate of drug-likeness (QED) is 0.764. The molecule has 6 atom stereocenters. The van der Waals surface area contributed by atoms with E-state index in [0.717, 1.165) is 31.2 Å². The van der Waals surface area contributed by atoms with Gasteiger partial charge in [0.2, 0.25) is 0 Å². The molecular weight excluding hydrogens is 344 g/mol. The van der Waals surface area contributed by atoms with Crippen molar-refractivity contribution in [2.75, 3.05) is 6.61 Å². The Bertz CT molecular complexity index is 656. The van der Waals surface area contributed by atoms with Crippen LogP contribution in [0.15, 0.2) is 23.0 Å². The molecule has 0 unspecified atom stereocenters. The summed E-state index contributed by atoms with van der Waals surface area (Å²) >= 11 is 0. The van der Waals surface area contributed by atoms with Gasteiger partial charge in [-0.15, -0.1) is 0 Å². The highest BCUT2D eigenvalue weighted by Crippen LogP contribution is 2.63. The number of furan rings is 1. The van der Waals surface area contributed by atoms with Gasteiger partial charge in [0, 0.05) is 23.7 Å². The van der Waals surface area contributed by atoms with E-state index in [0.29, 0.717) is 19.4 Å². The second-order valence-electron chi connectivity index (χ2n) is 9.44. The Morgan fingerprint density at radius 1 is 1.37 bits per heavy atom. The SMILES string of the molecule is CC(=O)OC[C@@]1(C)CCC[C@@]2(C)[C@H]1[C@H](O)C[C@@H](C)[C@]2(O)CCc1ccoc1. The predicted molar refractivity (Wildman–Crippen MR) is 102 cm³/mol. The summed E-state index contributed by atoms with van der Waals surface area (Å²) < 4.78 is 10.6. The van der Waals surface area contributed by atoms with E-state index < -0.39 is 17.1 Å². The number of aryl methyl sites for hydroxylation is 1. The monoisotopic (exact) mass is 378 g/mol.